The monoisotopic (exact) mass is 132 g/mol. The summed E-state index contributed by atoms with van der Waals surface area (Å²) in [7, 11) is 0. The van der Waals surface area contributed by atoms with Crippen molar-refractivity contribution in [3.8, 4) is 0 Å². The highest BCUT2D eigenvalue weighted by Crippen LogP contribution is 2.26. The van der Waals surface area contributed by atoms with Crippen LogP contribution >= 0.6 is 11.8 Å². The van der Waals surface area contributed by atoms with Gasteiger partial charge in [0.15, 0.2) is 0 Å². The average Bonchev–Trinajstić information content (AvgIpc) is 2.14. The fourth-order valence-electron chi connectivity index (χ4n) is 0.795. The van der Waals surface area contributed by atoms with Crippen molar-refractivity contribution in [3.63, 3.8) is 0 Å². The van der Waals surface area contributed by atoms with Crippen LogP contribution in [0.4, 0.5) is 0 Å². The Morgan fingerprint density at radius 2 is 2.50 bits per heavy atom. The first kappa shape index (κ1) is 6.43. The fraction of sp³-hybridized carbons (Fsp3) is 1.00. The summed E-state index contributed by atoms with van der Waals surface area (Å²) in [6, 6.07) is 0. The van der Waals surface area contributed by atoms with Crippen LogP contribution in [0.2, 0.25) is 0 Å². The summed E-state index contributed by atoms with van der Waals surface area (Å²) < 4.78 is 5.47. The summed E-state index contributed by atoms with van der Waals surface area (Å²) in [5.41, 5.74) is 0.491. The van der Waals surface area contributed by atoms with E-state index in [9.17, 15) is 0 Å². The maximum Gasteiger partial charge on any atom is 0.103 e. The molecule has 0 amide bonds. The van der Waals surface area contributed by atoms with E-state index in [0.29, 0.717) is 11.5 Å². The summed E-state index contributed by atoms with van der Waals surface area (Å²) in [6.07, 6.45) is 1.64. The third-order valence-electron chi connectivity index (χ3n) is 1.23. The lowest BCUT2D eigenvalue weighted by molar-refractivity contribution is 0.0770. The van der Waals surface area contributed by atoms with Gasteiger partial charge in [-0.2, -0.15) is 0 Å². The van der Waals surface area contributed by atoms with E-state index in [1.165, 1.54) is 5.75 Å². The van der Waals surface area contributed by atoms with Crippen LogP contribution in [0.15, 0.2) is 0 Å². The van der Waals surface area contributed by atoms with Crippen molar-refractivity contribution >= 4 is 11.8 Å². The number of hydrogen-bond donors (Lipinski definition) is 0. The van der Waals surface area contributed by atoms with Gasteiger partial charge in [0.1, 0.15) is 5.44 Å². The predicted octanol–water partition coefficient (Wildman–Crippen LogP) is 1.87. The van der Waals surface area contributed by atoms with E-state index in [2.05, 4.69) is 13.8 Å². The van der Waals surface area contributed by atoms with Crippen LogP contribution in [0.1, 0.15) is 20.3 Å². The lowest BCUT2D eigenvalue weighted by Crippen LogP contribution is -2.05. The second-order valence-corrected chi connectivity index (χ2v) is 3.31. The number of hydrogen-bond acceptors (Lipinski definition) is 2. The Morgan fingerprint density at radius 3 is 2.75 bits per heavy atom. The lowest BCUT2D eigenvalue weighted by Gasteiger charge is -2.04. The van der Waals surface area contributed by atoms with Gasteiger partial charge in [0, 0.05) is 5.75 Å². The second kappa shape index (κ2) is 2.74. The predicted molar refractivity (Wildman–Crippen MR) is 37.1 cm³/mol. The molecule has 0 aliphatic carbocycles. The van der Waals surface area contributed by atoms with Crippen molar-refractivity contribution < 1.29 is 4.74 Å². The average molecular weight is 132 g/mol. The molecule has 48 valence electrons. The normalized spacial score (nSPS) is 38.2. The zero-order valence-corrected chi connectivity index (χ0v) is 6.20. The molecule has 2 atom stereocenters. The van der Waals surface area contributed by atoms with Crippen molar-refractivity contribution in [3.05, 3.63) is 0 Å². The summed E-state index contributed by atoms with van der Waals surface area (Å²) >= 11 is 1.93. The van der Waals surface area contributed by atoms with Gasteiger partial charge in [-0.1, -0.05) is 6.92 Å². The van der Waals surface area contributed by atoms with E-state index in [4.69, 9.17) is 4.74 Å². The van der Waals surface area contributed by atoms with E-state index in [-0.39, 0.29) is 0 Å². The molecule has 1 heterocycles. The van der Waals surface area contributed by atoms with Gasteiger partial charge in [-0.05, 0) is 13.3 Å². The third kappa shape index (κ3) is 1.39. The summed E-state index contributed by atoms with van der Waals surface area (Å²) in [5.74, 6) is 1.18. The molecule has 1 rings (SSSR count). The topological polar surface area (TPSA) is 9.23 Å². The largest absolute Gasteiger partial charge is 0.364 e. The van der Waals surface area contributed by atoms with Crippen molar-refractivity contribution in [1.29, 1.82) is 0 Å². The Bertz CT molecular complexity index is 74.9. The molecule has 0 unspecified atom stereocenters. The van der Waals surface area contributed by atoms with Crippen molar-refractivity contribution in [2.75, 3.05) is 5.75 Å². The molecule has 0 aromatic heterocycles. The first-order chi connectivity index (χ1) is 3.83. The molecule has 1 saturated heterocycles. The summed E-state index contributed by atoms with van der Waals surface area (Å²) in [5, 5.41) is 0. The van der Waals surface area contributed by atoms with Gasteiger partial charge in [0.2, 0.25) is 0 Å². The molecule has 0 spiro atoms. The molecular formula is C6H12OS. The molecule has 2 heteroatoms. The first-order valence-corrected chi connectivity index (χ1v) is 4.15. The summed E-state index contributed by atoms with van der Waals surface area (Å²) in [4.78, 5) is 0. The molecule has 0 N–H and O–H groups in total. The standard InChI is InChI=1S/C6H12OS/c1-3-6-7-5(2)4-8-6/h5-6H,3-4H2,1-2H3/t5-,6+/m1/s1. The number of ether oxygens (including phenoxy) is 1. The maximum atomic E-state index is 5.47. The van der Waals surface area contributed by atoms with Gasteiger partial charge in [0.25, 0.3) is 0 Å². The van der Waals surface area contributed by atoms with Gasteiger partial charge in [0.05, 0.1) is 6.10 Å². The number of rotatable bonds is 1. The Balaban J connectivity index is 2.22. The quantitative estimate of drug-likeness (QED) is 0.538. The molecule has 1 aliphatic heterocycles. The fourth-order valence-corrected chi connectivity index (χ4v) is 1.86. The van der Waals surface area contributed by atoms with Gasteiger partial charge in [-0.25, -0.2) is 0 Å². The van der Waals surface area contributed by atoms with Crippen LogP contribution in [-0.2, 0) is 4.74 Å². The van der Waals surface area contributed by atoms with E-state index in [1.54, 1.807) is 0 Å². The van der Waals surface area contributed by atoms with Crippen LogP contribution in [-0.4, -0.2) is 17.3 Å². The minimum Gasteiger partial charge on any atom is -0.364 e. The Labute approximate surface area is 54.8 Å². The molecule has 8 heavy (non-hydrogen) atoms. The summed E-state index contributed by atoms with van der Waals surface area (Å²) in [6.45, 7) is 4.29. The van der Waals surface area contributed by atoms with Crippen molar-refractivity contribution in [2.45, 2.75) is 31.8 Å². The first-order valence-electron chi connectivity index (χ1n) is 3.10. The molecular weight excluding hydrogens is 120 g/mol. The number of thioether (sulfide) groups is 1. The van der Waals surface area contributed by atoms with Crippen molar-refractivity contribution in [2.24, 2.45) is 0 Å². The van der Waals surface area contributed by atoms with E-state index in [1.807, 2.05) is 11.8 Å². The van der Waals surface area contributed by atoms with Gasteiger partial charge in [-0.15, -0.1) is 11.8 Å². The minimum absolute atomic E-state index is 0.491. The highest BCUT2D eigenvalue weighted by molar-refractivity contribution is 8.00. The molecule has 0 aromatic carbocycles. The van der Waals surface area contributed by atoms with Crippen LogP contribution in [0.25, 0.3) is 0 Å². The highest BCUT2D eigenvalue weighted by atomic mass is 32.2. The Hall–Kier alpha value is 0.310. The van der Waals surface area contributed by atoms with Crippen LogP contribution < -0.4 is 0 Å². The molecule has 1 fully saturated rings. The Morgan fingerprint density at radius 1 is 1.75 bits per heavy atom. The maximum absolute atomic E-state index is 5.47. The zero-order chi connectivity index (χ0) is 5.98. The third-order valence-corrected chi connectivity index (χ3v) is 2.71. The van der Waals surface area contributed by atoms with Crippen LogP contribution in [0.5, 0.6) is 0 Å². The smallest absolute Gasteiger partial charge is 0.103 e. The Kier molecular flexibility index (Phi) is 2.20. The minimum atomic E-state index is 0.491. The van der Waals surface area contributed by atoms with Gasteiger partial charge >= 0.3 is 0 Å². The van der Waals surface area contributed by atoms with E-state index < -0.39 is 0 Å². The van der Waals surface area contributed by atoms with Crippen molar-refractivity contribution in [1.82, 2.24) is 0 Å². The van der Waals surface area contributed by atoms with E-state index >= 15 is 0 Å². The van der Waals surface area contributed by atoms with Crippen LogP contribution in [0, 0.1) is 0 Å². The highest BCUT2D eigenvalue weighted by Gasteiger charge is 2.19. The van der Waals surface area contributed by atoms with E-state index in [0.717, 1.165) is 6.42 Å². The van der Waals surface area contributed by atoms with Gasteiger partial charge < -0.3 is 4.74 Å². The second-order valence-electron chi connectivity index (χ2n) is 2.12. The molecule has 0 aromatic rings. The molecule has 0 bridgehead atoms. The van der Waals surface area contributed by atoms with Gasteiger partial charge in [-0.3, -0.25) is 0 Å². The van der Waals surface area contributed by atoms with Crippen LogP contribution in [0.3, 0.4) is 0 Å². The molecule has 0 saturated carbocycles. The lowest BCUT2D eigenvalue weighted by atomic mass is 10.4. The molecule has 0 radical (unpaired) electrons. The molecule has 1 nitrogen and oxygen atoms in total. The SMILES string of the molecule is CC[C@H]1O[C@H](C)CS1. The zero-order valence-electron chi connectivity index (χ0n) is 5.39. The molecule has 1 aliphatic rings.